The highest BCUT2D eigenvalue weighted by atomic mass is 32.2. The fourth-order valence-electron chi connectivity index (χ4n) is 3.75. The highest BCUT2D eigenvalue weighted by Gasteiger charge is 2.27. The fourth-order valence-corrected chi connectivity index (χ4v) is 5.30. The van der Waals surface area contributed by atoms with Gasteiger partial charge in [-0.3, -0.25) is 4.79 Å². The monoisotopic (exact) mass is 442 g/mol. The highest BCUT2D eigenvalue weighted by Crippen LogP contribution is 2.32. The molecule has 2 heterocycles. The number of anilines is 1. The zero-order chi connectivity index (χ0) is 21.8. The Kier molecular flexibility index (Phi) is 6.29. The average Bonchev–Trinajstić information content (AvgIpc) is 2.80. The lowest BCUT2D eigenvalue weighted by atomic mass is 10.1. The van der Waals surface area contributed by atoms with Gasteiger partial charge in [0.15, 0.2) is 0 Å². The Labute approximate surface area is 182 Å². The SMILES string of the molecule is CCOc1ccc(S(=O)(=O)N2CCCCC2)cc1NC(=O)C1=Cc2ccccc2OC1. The van der Waals surface area contributed by atoms with Gasteiger partial charge in [0, 0.05) is 18.7 Å². The number of sulfonamides is 1. The summed E-state index contributed by atoms with van der Waals surface area (Å²) in [7, 11) is -3.63. The smallest absolute Gasteiger partial charge is 0.255 e. The maximum Gasteiger partial charge on any atom is 0.255 e. The Morgan fingerprint density at radius 1 is 1.13 bits per heavy atom. The van der Waals surface area contributed by atoms with Crippen molar-refractivity contribution in [2.45, 2.75) is 31.1 Å². The maximum atomic E-state index is 13.1. The van der Waals surface area contributed by atoms with Crippen molar-refractivity contribution in [3.05, 3.63) is 53.6 Å². The molecule has 0 atom stereocenters. The lowest BCUT2D eigenvalue weighted by molar-refractivity contribution is -0.113. The van der Waals surface area contributed by atoms with Gasteiger partial charge in [0.05, 0.1) is 22.8 Å². The molecule has 0 aromatic heterocycles. The van der Waals surface area contributed by atoms with E-state index < -0.39 is 10.0 Å². The molecule has 1 fully saturated rings. The summed E-state index contributed by atoms with van der Waals surface area (Å²) < 4.78 is 38.9. The largest absolute Gasteiger partial charge is 0.492 e. The van der Waals surface area contributed by atoms with E-state index in [9.17, 15) is 13.2 Å². The van der Waals surface area contributed by atoms with Crippen LogP contribution in [0.15, 0.2) is 52.9 Å². The number of para-hydroxylation sites is 1. The zero-order valence-corrected chi connectivity index (χ0v) is 18.3. The van der Waals surface area contributed by atoms with E-state index in [1.54, 1.807) is 12.1 Å². The van der Waals surface area contributed by atoms with E-state index in [0.717, 1.165) is 30.6 Å². The molecule has 2 aromatic rings. The van der Waals surface area contributed by atoms with Crippen LogP contribution < -0.4 is 14.8 Å². The molecule has 0 aliphatic carbocycles. The summed E-state index contributed by atoms with van der Waals surface area (Å²) in [5, 5.41) is 2.82. The molecule has 2 aromatic carbocycles. The molecule has 0 bridgehead atoms. The first-order valence-electron chi connectivity index (χ1n) is 10.5. The summed E-state index contributed by atoms with van der Waals surface area (Å²) in [4.78, 5) is 13.1. The van der Waals surface area contributed by atoms with Crippen molar-refractivity contribution in [3.63, 3.8) is 0 Å². The van der Waals surface area contributed by atoms with Crippen LogP contribution in [-0.4, -0.2) is 44.9 Å². The minimum Gasteiger partial charge on any atom is -0.492 e. The van der Waals surface area contributed by atoms with Crippen LogP contribution >= 0.6 is 0 Å². The van der Waals surface area contributed by atoms with Crippen LogP contribution in [0, 0.1) is 0 Å². The lowest BCUT2D eigenvalue weighted by Crippen LogP contribution is -2.35. The number of rotatable bonds is 6. The third-order valence-corrected chi connectivity index (χ3v) is 7.27. The number of hydrogen-bond acceptors (Lipinski definition) is 5. The van der Waals surface area contributed by atoms with Gasteiger partial charge in [0.1, 0.15) is 18.1 Å². The average molecular weight is 443 g/mol. The topological polar surface area (TPSA) is 84.9 Å². The summed E-state index contributed by atoms with van der Waals surface area (Å²) in [6.07, 6.45) is 4.53. The number of ether oxygens (including phenoxy) is 2. The van der Waals surface area contributed by atoms with Crippen LogP contribution in [0.4, 0.5) is 5.69 Å². The summed E-state index contributed by atoms with van der Waals surface area (Å²) in [6, 6.07) is 12.1. The standard InChI is InChI=1S/C23H26N2O5S/c1-2-29-22-11-10-19(31(27,28)25-12-6-3-7-13-25)15-20(22)24-23(26)18-14-17-8-4-5-9-21(17)30-16-18/h4-5,8-11,14-15H,2-3,6-7,12-13,16H2,1H3,(H,24,26). The predicted octanol–water partition coefficient (Wildman–Crippen LogP) is 3.67. The van der Waals surface area contributed by atoms with E-state index in [-0.39, 0.29) is 17.4 Å². The minimum absolute atomic E-state index is 0.137. The third kappa shape index (κ3) is 4.60. The summed E-state index contributed by atoms with van der Waals surface area (Å²) >= 11 is 0. The molecular formula is C23H26N2O5S. The first-order valence-corrected chi connectivity index (χ1v) is 11.9. The van der Waals surface area contributed by atoms with Crippen LogP contribution in [0.3, 0.4) is 0 Å². The lowest BCUT2D eigenvalue weighted by Gasteiger charge is -2.26. The van der Waals surface area contributed by atoms with Gasteiger partial charge in [-0.2, -0.15) is 4.31 Å². The van der Waals surface area contributed by atoms with Gasteiger partial charge in [-0.1, -0.05) is 24.6 Å². The second-order valence-electron chi connectivity index (χ2n) is 7.51. The first kappa shape index (κ1) is 21.4. The Morgan fingerprint density at radius 3 is 2.68 bits per heavy atom. The highest BCUT2D eigenvalue weighted by molar-refractivity contribution is 7.89. The van der Waals surface area contributed by atoms with Crippen LogP contribution in [0.1, 0.15) is 31.7 Å². The number of carbonyl (C=O) groups is 1. The molecule has 0 saturated carbocycles. The molecule has 1 saturated heterocycles. The van der Waals surface area contributed by atoms with Crippen molar-refractivity contribution in [2.75, 3.05) is 31.6 Å². The van der Waals surface area contributed by atoms with Crippen LogP contribution in [-0.2, 0) is 14.8 Å². The van der Waals surface area contributed by atoms with Crippen molar-refractivity contribution in [2.24, 2.45) is 0 Å². The van der Waals surface area contributed by atoms with Gasteiger partial charge in [-0.15, -0.1) is 0 Å². The van der Waals surface area contributed by atoms with E-state index >= 15 is 0 Å². The number of piperidine rings is 1. The molecule has 2 aliphatic rings. The van der Waals surface area contributed by atoms with Crippen molar-refractivity contribution < 1.29 is 22.7 Å². The maximum absolute atomic E-state index is 13.1. The Hall–Kier alpha value is -2.84. The summed E-state index contributed by atoms with van der Waals surface area (Å²) in [5.41, 5.74) is 1.60. The first-order chi connectivity index (χ1) is 15.0. The Bertz CT molecular complexity index is 1100. The number of amides is 1. The predicted molar refractivity (Wildman–Crippen MR) is 119 cm³/mol. The molecule has 164 valence electrons. The van der Waals surface area contributed by atoms with Gasteiger partial charge >= 0.3 is 0 Å². The van der Waals surface area contributed by atoms with E-state index in [1.165, 1.54) is 16.4 Å². The van der Waals surface area contributed by atoms with Gasteiger partial charge < -0.3 is 14.8 Å². The number of carbonyl (C=O) groups excluding carboxylic acids is 1. The van der Waals surface area contributed by atoms with Crippen LogP contribution in [0.2, 0.25) is 0 Å². The molecule has 1 N–H and O–H groups in total. The second-order valence-corrected chi connectivity index (χ2v) is 9.44. The summed E-state index contributed by atoms with van der Waals surface area (Å²) in [5.74, 6) is 0.790. The van der Waals surface area contributed by atoms with Gasteiger partial charge in [-0.05, 0) is 50.1 Å². The number of nitrogens with zero attached hydrogens (tertiary/aromatic N) is 1. The second kappa shape index (κ2) is 9.11. The van der Waals surface area contributed by atoms with Crippen LogP contribution in [0.25, 0.3) is 6.08 Å². The molecule has 0 unspecified atom stereocenters. The molecular weight excluding hydrogens is 416 g/mol. The number of nitrogens with one attached hydrogen (secondary N) is 1. The molecule has 8 heteroatoms. The normalized spacial score (nSPS) is 16.6. The van der Waals surface area contributed by atoms with E-state index in [4.69, 9.17) is 9.47 Å². The van der Waals surface area contributed by atoms with Gasteiger partial charge in [0.2, 0.25) is 10.0 Å². The molecule has 0 spiro atoms. The van der Waals surface area contributed by atoms with Gasteiger partial charge in [-0.25, -0.2) is 8.42 Å². The third-order valence-electron chi connectivity index (χ3n) is 5.38. The molecule has 1 amide bonds. The number of fused-ring (bicyclic) bond motifs is 1. The number of hydrogen-bond donors (Lipinski definition) is 1. The number of benzene rings is 2. The van der Waals surface area contributed by atoms with Crippen molar-refractivity contribution in [1.29, 1.82) is 0 Å². The van der Waals surface area contributed by atoms with Crippen LogP contribution in [0.5, 0.6) is 11.5 Å². The van der Waals surface area contributed by atoms with E-state index in [0.29, 0.717) is 36.7 Å². The van der Waals surface area contributed by atoms with E-state index in [1.807, 2.05) is 31.2 Å². The summed E-state index contributed by atoms with van der Waals surface area (Å²) in [6.45, 7) is 3.39. The van der Waals surface area contributed by atoms with Crippen molar-refractivity contribution in [1.82, 2.24) is 4.31 Å². The van der Waals surface area contributed by atoms with Gasteiger partial charge in [0.25, 0.3) is 5.91 Å². The Morgan fingerprint density at radius 2 is 1.90 bits per heavy atom. The van der Waals surface area contributed by atoms with Crippen molar-refractivity contribution in [3.8, 4) is 11.5 Å². The van der Waals surface area contributed by atoms with Crippen molar-refractivity contribution >= 4 is 27.7 Å². The quantitative estimate of drug-likeness (QED) is 0.738. The molecule has 7 nitrogen and oxygen atoms in total. The Balaban J connectivity index is 1.61. The molecule has 0 radical (unpaired) electrons. The molecule has 4 rings (SSSR count). The molecule has 2 aliphatic heterocycles. The fraction of sp³-hybridized carbons (Fsp3) is 0.348. The van der Waals surface area contributed by atoms with E-state index in [2.05, 4.69) is 5.32 Å². The minimum atomic E-state index is -3.63. The molecule has 31 heavy (non-hydrogen) atoms. The zero-order valence-electron chi connectivity index (χ0n) is 17.5.